The van der Waals surface area contributed by atoms with Crippen LogP contribution in [0.25, 0.3) is 0 Å². The van der Waals surface area contributed by atoms with Gasteiger partial charge in [-0.15, -0.1) is 0 Å². The van der Waals surface area contributed by atoms with E-state index >= 15 is 0 Å². The number of nitrogens with one attached hydrogen (secondary N) is 2. The maximum Gasteiger partial charge on any atom is 0.344 e. The largest absolute Gasteiger partial charge is 0.482 e. The number of hydrogen-bond acceptors (Lipinski definition) is 5. The molecule has 7 nitrogen and oxygen atoms in total. The lowest BCUT2D eigenvalue weighted by atomic mass is 10.1. The van der Waals surface area contributed by atoms with Crippen LogP contribution in [0.3, 0.4) is 0 Å². The second kappa shape index (κ2) is 11.0. The van der Waals surface area contributed by atoms with E-state index in [9.17, 15) is 14.4 Å². The van der Waals surface area contributed by atoms with Gasteiger partial charge in [-0.05, 0) is 49.1 Å². The molecule has 0 radical (unpaired) electrons. The molecule has 30 heavy (non-hydrogen) atoms. The van der Waals surface area contributed by atoms with Crippen LogP contribution >= 0.6 is 0 Å². The van der Waals surface area contributed by atoms with Crippen molar-refractivity contribution < 1.29 is 23.9 Å². The quantitative estimate of drug-likeness (QED) is 0.617. The van der Waals surface area contributed by atoms with Gasteiger partial charge in [-0.3, -0.25) is 9.59 Å². The molecular formula is C23H28N2O5. The summed E-state index contributed by atoms with van der Waals surface area (Å²) in [6.07, 6.45) is 0. The van der Waals surface area contributed by atoms with Crippen molar-refractivity contribution in [3.05, 3.63) is 59.2 Å². The second-order valence-corrected chi connectivity index (χ2v) is 7.35. The van der Waals surface area contributed by atoms with Gasteiger partial charge in [-0.25, -0.2) is 4.79 Å². The summed E-state index contributed by atoms with van der Waals surface area (Å²) in [4.78, 5) is 36.4. The van der Waals surface area contributed by atoms with Crippen LogP contribution in [0.5, 0.6) is 5.75 Å². The van der Waals surface area contributed by atoms with E-state index in [-0.39, 0.29) is 12.5 Å². The summed E-state index contributed by atoms with van der Waals surface area (Å²) in [6, 6.07) is 12.2. The molecule has 0 spiro atoms. The summed E-state index contributed by atoms with van der Waals surface area (Å²) in [5.41, 5.74) is 2.69. The van der Waals surface area contributed by atoms with Gasteiger partial charge in [-0.1, -0.05) is 38.1 Å². The van der Waals surface area contributed by atoms with Gasteiger partial charge in [-0.2, -0.15) is 0 Å². The molecule has 0 aliphatic rings. The molecule has 0 bridgehead atoms. The van der Waals surface area contributed by atoms with E-state index in [4.69, 9.17) is 9.47 Å². The molecule has 0 saturated carbocycles. The molecule has 0 atom stereocenters. The van der Waals surface area contributed by atoms with Gasteiger partial charge in [0.05, 0.1) is 11.3 Å². The van der Waals surface area contributed by atoms with Crippen LogP contribution < -0.4 is 15.4 Å². The Morgan fingerprint density at radius 3 is 2.43 bits per heavy atom. The van der Waals surface area contributed by atoms with Gasteiger partial charge in [0.25, 0.3) is 11.8 Å². The molecule has 0 fully saturated rings. The zero-order chi connectivity index (χ0) is 22.1. The fraction of sp³-hybridized carbons (Fsp3) is 0.348. The number of anilines is 1. The molecule has 160 valence electrons. The summed E-state index contributed by atoms with van der Waals surface area (Å²) in [5, 5.41) is 5.42. The molecule has 2 aromatic carbocycles. The summed E-state index contributed by atoms with van der Waals surface area (Å²) in [7, 11) is 0. The number of amides is 2. The highest BCUT2D eigenvalue weighted by molar-refractivity contribution is 6.04. The summed E-state index contributed by atoms with van der Waals surface area (Å²) in [6.45, 7) is 7.59. The molecular weight excluding hydrogens is 384 g/mol. The Labute approximate surface area is 176 Å². The molecule has 2 N–H and O–H groups in total. The average molecular weight is 412 g/mol. The van der Waals surface area contributed by atoms with E-state index in [0.29, 0.717) is 29.5 Å². The smallest absolute Gasteiger partial charge is 0.344 e. The van der Waals surface area contributed by atoms with E-state index in [1.807, 2.05) is 39.8 Å². The SMILES string of the molecule is Cc1cccc(OCC(=O)OCC(=O)Nc2ccccc2C(=O)NCC(C)C)c1C. The Balaban J connectivity index is 1.85. The average Bonchev–Trinajstić information content (AvgIpc) is 2.72. The predicted octanol–water partition coefficient (Wildman–Crippen LogP) is 3.25. The topological polar surface area (TPSA) is 93.7 Å². The molecule has 0 aliphatic carbocycles. The van der Waals surface area contributed by atoms with Crippen molar-refractivity contribution in [2.24, 2.45) is 5.92 Å². The van der Waals surface area contributed by atoms with Crippen LogP contribution in [-0.4, -0.2) is 37.5 Å². The summed E-state index contributed by atoms with van der Waals surface area (Å²) in [5.74, 6) is -0.578. The van der Waals surface area contributed by atoms with Crippen molar-refractivity contribution in [3.63, 3.8) is 0 Å². The zero-order valence-corrected chi connectivity index (χ0v) is 17.8. The zero-order valence-electron chi connectivity index (χ0n) is 17.8. The number of benzene rings is 2. The number of rotatable bonds is 9. The van der Waals surface area contributed by atoms with Crippen LogP contribution in [0.15, 0.2) is 42.5 Å². The standard InChI is InChI=1S/C23H28N2O5/c1-15(2)12-24-23(28)18-9-5-6-10-19(18)25-21(26)13-30-22(27)14-29-20-11-7-8-16(3)17(20)4/h5-11,15H,12-14H2,1-4H3,(H,24,28)(H,25,26). The first kappa shape index (κ1) is 22.9. The van der Waals surface area contributed by atoms with Crippen LogP contribution in [0.2, 0.25) is 0 Å². The van der Waals surface area contributed by atoms with Crippen molar-refractivity contribution in [1.29, 1.82) is 0 Å². The second-order valence-electron chi connectivity index (χ2n) is 7.35. The van der Waals surface area contributed by atoms with Crippen molar-refractivity contribution in [3.8, 4) is 5.75 Å². The molecule has 0 unspecified atom stereocenters. The van der Waals surface area contributed by atoms with Gasteiger partial charge < -0.3 is 20.1 Å². The third-order valence-corrected chi connectivity index (χ3v) is 4.38. The number of carbonyl (C=O) groups is 3. The van der Waals surface area contributed by atoms with Crippen molar-refractivity contribution in [2.45, 2.75) is 27.7 Å². The maximum atomic E-state index is 12.3. The number of hydrogen-bond donors (Lipinski definition) is 2. The van der Waals surface area contributed by atoms with Crippen molar-refractivity contribution >= 4 is 23.5 Å². The monoisotopic (exact) mass is 412 g/mol. The Morgan fingerprint density at radius 2 is 1.70 bits per heavy atom. The molecule has 7 heteroatoms. The minimum atomic E-state index is -0.658. The highest BCUT2D eigenvalue weighted by atomic mass is 16.6. The molecule has 2 rings (SSSR count). The minimum Gasteiger partial charge on any atom is -0.482 e. The molecule has 2 amide bonds. The van der Waals surface area contributed by atoms with E-state index in [0.717, 1.165) is 11.1 Å². The lowest BCUT2D eigenvalue weighted by molar-refractivity contribution is -0.149. The van der Waals surface area contributed by atoms with Crippen LogP contribution in [0, 0.1) is 19.8 Å². The fourth-order valence-electron chi connectivity index (χ4n) is 2.57. The van der Waals surface area contributed by atoms with E-state index in [2.05, 4.69) is 10.6 Å². The van der Waals surface area contributed by atoms with Gasteiger partial charge >= 0.3 is 5.97 Å². The Bertz CT molecular complexity index is 908. The number of aryl methyl sites for hydroxylation is 1. The molecule has 0 aromatic heterocycles. The summed E-state index contributed by atoms with van der Waals surface area (Å²) >= 11 is 0. The van der Waals surface area contributed by atoms with Gasteiger partial charge in [0.2, 0.25) is 0 Å². The number of ether oxygens (including phenoxy) is 2. The van der Waals surface area contributed by atoms with E-state index < -0.39 is 18.5 Å². The molecule has 0 saturated heterocycles. The molecule has 0 heterocycles. The van der Waals surface area contributed by atoms with Crippen LogP contribution in [0.1, 0.15) is 35.3 Å². The highest BCUT2D eigenvalue weighted by Crippen LogP contribution is 2.20. The maximum absolute atomic E-state index is 12.3. The van der Waals surface area contributed by atoms with Gasteiger partial charge in [0, 0.05) is 6.54 Å². The minimum absolute atomic E-state index is 0.279. The Hall–Kier alpha value is -3.35. The van der Waals surface area contributed by atoms with Crippen molar-refractivity contribution in [1.82, 2.24) is 5.32 Å². The number of para-hydroxylation sites is 1. The molecule has 2 aromatic rings. The first-order valence-corrected chi connectivity index (χ1v) is 9.79. The van der Waals surface area contributed by atoms with E-state index in [1.54, 1.807) is 30.3 Å². The normalized spacial score (nSPS) is 10.4. The lowest BCUT2D eigenvalue weighted by Gasteiger charge is -2.13. The predicted molar refractivity (Wildman–Crippen MR) is 115 cm³/mol. The first-order chi connectivity index (χ1) is 14.3. The number of carbonyl (C=O) groups excluding carboxylic acids is 3. The summed E-state index contributed by atoms with van der Waals surface area (Å²) < 4.78 is 10.4. The van der Waals surface area contributed by atoms with Gasteiger partial charge in [0.1, 0.15) is 5.75 Å². The lowest BCUT2D eigenvalue weighted by Crippen LogP contribution is -2.29. The highest BCUT2D eigenvalue weighted by Gasteiger charge is 2.15. The van der Waals surface area contributed by atoms with E-state index in [1.165, 1.54) is 0 Å². The third kappa shape index (κ3) is 6.92. The van der Waals surface area contributed by atoms with Crippen molar-refractivity contribution in [2.75, 3.05) is 25.1 Å². The van der Waals surface area contributed by atoms with Crippen LogP contribution in [-0.2, 0) is 14.3 Å². The first-order valence-electron chi connectivity index (χ1n) is 9.79. The van der Waals surface area contributed by atoms with Gasteiger partial charge in [0.15, 0.2) is 13.2 Å². The molecule has 0 aliphatic heterocycles. The van der Waals surface area contributed by atoms with Crippen LogP contribution in [0.4, 0.5) is 5.69 Å². The number of esters is 1. The Kier molecular flexibility index (Phi) is 8.41. The fourth-order valence-corrected chi connectivity index (χ4v) is 2.57. The third-order valence-electron chi connectivity index (χ3n) is 4.38. The Morgan fingerprint density at radius 1 is 0.967 bits per heavy atom.